The molecule has 5 heteroatoms. The lowest BCUT2D eigenvalue weighted by atomic mass is 10.1. The van der Waals surface area contributed by atoms with Gasteiger partial charge in [0.2, 0.25) is 0 Å². The largest absolute Gasteiger partial charge is 0.478 e. The Bertz CT molecular complexity index is 442. The Morgan fingerprint density at radius 1 is 1.47 bits per heavy atom. The molecule has 2 rings (SSSR count). The van der Waals surface area contributed by atoms with Gasteiger partial charge in [-0.15, -0.1) is 0 Å². The molecule has 0 spiro atoms. The highest BCUT2D eigenvalue weighted by Gasteiger charge is 2.13. The second kappa shape index (κ2) is 6.43. The van der Waals surface area contributed by atoms with Gasteiger partial charge in [-0.3, -0.25) is 0 Å². The average molecular weight is 264 g/mol. The van der Waals surface area contributed by atoms with E-state index in [2.05, 4.69) is 5.32 Å². The van der Waals surface area contributed by atoms with Crippen molar-refractivity contribution in [1.82, 2.24) is 0 Å². The first-order valence-corrected chi connectivity index (χ1v) is 6.65. The van der Waals surface area contributed by atoms with Crippen LogP contribution in [0.2, 0.25) is 0 Å². The lowest BCUT2D eigenvalue weighted by Gasteiger charge is -2.22. The summed E-state index contributed by atoms with van der Waals surface area (Å²) in [7, 11) is 0. The standard InChI is InChI=1S/C14H20N2O3/c15-13-9-10(4-5-12(13)14(17)18)16-7-6-11-3-1-2-8-19-11/h4-5,9,11,16H,1-3,6-8,15H2,(H,17,18). The van der Waals surface area contributed by atoms with Crippen molar-refractivity contribution in [1.29, 1.82) is 0 Å². The van der Waals surface area contributed by atoms with E-state index >= 15 is 0 Å². The molecule has 0 aliphatic carbocycles. The van der Waals surface area contributed by atoms with E-state index in [1.165, 1.54) is 12.5 Å². The molecule has 19 heavy (non-hydrogen) atoms. The third kappa shape index (κ3) is 3.86. The number of ether oxygens (including phenoxy) is 1. The Morgan fingerprint density at radius 2 is 2.32 bits per heavy atom. The van der Waals surface area contributed by atoms with Gasteiger partial charge in [0.25, 0.3) is 0 Å². The molecule has 0 bridgehead atoms. The van der Waals surface area contributed by atoms with Crippen LogP contribution in [-0.4, -0.2) is 30.3 Å². The monoisotopic (exact) mass is 264 g/mol. The Labute approximate surface area is 112 Å². The fourth-order valence-electron chi connectivity index (χ4n) is 2.28. The summed E-state index contributed by atoms with van der Waals surface area (Å²) in [5, 5.41) is 12.1. The molecule has 1 fully saturated rings. The van der Waals surface area contributed by atoms with Crippen LogP contribution in [-0.2, 0) is 4.74 Å². The number of aromatic carboxylic acids is 1. The summed E-state index contributed by atoms with van der Waals surface area (Å²) in [5.74, 6) is -1.00. The van der Waals surface area contributed by atoms with Gasteiger partial charge in [-0.1, -0.05) is 0 Å². The molecule has 0 amide bonds. The Balaban J connectivity index is 1.82. The molecule has 1 atom stereocenters. The molecule has 104 valence electrons. The molecule has 1 unspecified atom stereocenters. The highest BCUT2D eigenvalue weighted by Crippen LogP contribution is 2.19. The van der Waals surface area contributed by atoms with Gasteiger partial charge >= 0.3 is 5.97 Å². The van der Waals surface area contributed by atoms with Gasteiger partial charge in [-0.25, -0.2) is 4.79 Å². The number of benzene rings is 1. The zero-order valence-electron chi connectivity index (χ0n) is 10.9. The minimum absolute atomic E-state index is 0.140. The Kier molecular flexibility index (Phi) is 4.63. The number of carboxylic acid groups (broad SMARTS) is 1. The molecule has 0 radical (unpaired) electrons. The summed E-state index contributed by atoms with van der Waals surface area (Å²) in [4.78, 5) is 10.8. The van der Waals surface area contributed by atoms with Crippen molar-refractivity contribution >= 4 is 17.3 Å². The molecule has 1 aromatic carbocycles. The summed E-state index contributed by atoms with van der Waals surface area (Å²) in [6.07, 6.45) is 4.83. The fourth-order valence-corrected chi connectivity index (χ4v) is 2.28. The van der Waals surface area contributed by atoms with E-state index in [0.717, 1.165) is 38.1 Å². The maximum absolute atomic E-state index is 10.8. The normalized spacial score (nSPS) is 19.1. The lowest BCUT2D eigenvalue weighted by molar-refractivity contribution is 0.0134. The van der Waals surface area contributed by atoms with Gasteiger partial charge in [0.15, 0.2) is 0 Å². The van der Waals surface area contributed by atoms with E-state index in [4.69, 9.17) is 15.6 Å². The van der Waals surface area contributed by atoms with Gasteiger partial charge in [0, 0.05) is 24.5 Å². The number of nitrogens with one attached hydrogen (secondary N) is 1. The number of nitrogens with two attached hydrogens (primary N) is 1. The fraction of sp³-hybridized carbons (Fsp3) is 0.500. The van der Waals surface area contributed by atoms with Gasteiger partial charge < -0.3 is 20.9 Å². The number of hydrogen-bond donors (Lipinski definition) is 3. The summed E-state index contributed by atoms with van der Waals surface area (Å²) in [6, 6.07) is 4.92. The molecule has 1 heterocycles. The zero-order valence-corrected chi connectivity index (χ0v) is 10.9. The van der Waals surface area contributed by atoms with E-state index < -0.39 is 5.97 Å². The van der Waals surface area contributed by atoms with E-state index in [1.54, 1.807) is 12.1 Å². The summed E-state index contributed by atoms with van der Waals surface area (Å²) in [6.45, 7) is 1.67. The number of hydrogen-bond acceptors (Lipinski definition) is 4. The van der Waals surface area contributed by atoms with Crippen LogP contribution in [0.25, 0.3) is 0 Å². The van der Waals surface area contributed by atoms with Crippen LogP contribution >= 0.6 is 0 Å². The molecule has 5 nitrogen and oxygen atoms in total. The Hall–Kier alpha value is -1.75. The molecular formula is C14H20N2O3. The molecule has 4 N–H and O–H groups in total. The maximum Gasteiger partial charge on any atom is 0.337 e. The SMILES string of the molecule is Nc1cc(NCCC2CCCCO2)ccc1C(=O)O. The predicted molar refractivity (Wildman–Crippen MR) is 74.5 cm³/mol. The van der Waals surface area contributed by atoms with Gasteiger partial charge in [-0.05, 0) is 43.9 Å². The lowest BCUT2D eigenvalue weighted by Crippen LogP contribution is -2.22. The van der Waals surface area contributed by atoms with Crippen molar-refractivity contribution in [3.05, 3.63) is 23.8 Å². The van der Waals surface area contributed by atoms with Crippen molar-refractivity contribution in [3.63, 3.8) is 0 Å². The third-order valence-corrected chi connectivity index (χ3v) is 3.35. The number of rotatable bonds is 5. The maximum atomic E-state index is 10.8. The molecule has 1 aliphatic rings. The molecular weight excluding hydrogens is 244 g/mol. The van der Waals surface area contributed by atoms with Crippen LogP contribution < -0.4 is 11.1 Å². The van der Waals surface area contributed by atoms with Crippen molar-refractivity contribution < 1.29 is 14.6 Å². The molecule has 1 aromatic rings. The van der Waals surface area contributed by atoms with Crippen LogP contribution in [0.4, 0.5) is 11.4 Å². The first-order chi connectivity index (χ1) is 9.16. The van der Waals surface area contributed by atoms with Crippen LogP contribution in [0.15, 0.2) is 18.2 Å². The number of anilines is 2. The van der Waals surface area contributed by atoms with Crippen molar-refractivity contribution in [2.24, 2.45) is 0 Å². The minimum atomic E-state index is -1.00. The highest BCUT2D eigenvalue weighted by molar-refractivity contribution is 5.94. The first kappa shape index (κ1) is 13.7. The van der Waals surface area contributed by atoms with Crippen molar-refractivity contribution in [2.75, 3.05) is 24.2 Å². The van der Waals surface area contributed by atoms with E-state index in [0.29, 0.717) is 6.10 Å². The van der Waals surface area contributed by atoms with Gasteiger partial charge in [0.1, 0.15) is 0 Å². The minimum Gasteiger partial charge on any atom is -0.478 e. The highest BCUT2D eigenvalue weighted by atomic mass is 16.5. The number of carbonyl (C=O) groups is 1. The first-order valence-electron chi connectivity index (χ1n) is 6.65. The smallest absolute Gasteiger partial charge is 0.337 e. The van der Waals surface area contributed by atoms with Crippen molar-refractivity contribution in [3.8, 4) is 0 Å². The van der Waals surface area contributed by atoms with Crippen LogP contribution in [0, 0.1) is 0 Å². The van der Waals surface area contributed by atoms with Crippen molar-refractivity contribution in [2.45, 2.75) is 31.8 Å². The number of nitrogen functional groups attached to an aromatic ring is 1. The summed E-state index contributed by atoms with van der Waals surface area (Å²) < 4.78 is 5.65. The second-order valence-corrected chi connectivity index (χ2v) is 4.81. The number of carboxylic acids is 1. The molecule has 0 aromatic heterocycles. The second-order valence-electron chi connectivity index (χ2n) is 4.81. The zero-order chi connectivity index (χ0) is 13.7. The van der Waals surface area contributed by atoms with Gasteiger partial charge in [0.05, 0.1) is 11.7 Å². The molecule has 1 saturated heterocycles. The quantitative estimate of drug-likeness (QED) is 0.711. The van der Waals surface area contributed by atoms with E-state index in [-0.39, 0.29) is 11.3 Å². The third-order valence-electron chi connectivity index (χ3n) is 3.35. The molecule has 0 saturated carbocycles. The summed E-state index contributed by atoms with van der Waals surface area (Å²) >= 11 is 0. The average Bonchev–Trinajstić information content (AvgIpc) is 2.39. The summed E-state index contributed by atoms with van der Waals surface area (Å²) in [5.41, 5.74) is 6.96. The Morgan fingerprint density at radius 3 is 2.95 bits per heavy atom. The van der Waals surface area contributed by atoms with Crippen LogP contribution in [0.3, 0.4) is 0 Å². The van der Waals surface area contributed by atoms with E-state index in [1.807, 2.05) is 0 Å². The molecule has 1 aliphatic heterocycles. The van der Waals surface area contributed by atoms with Crippen LogP contribution in [0.5, 0.6) is 0 Å². The predicted octanol–water partition coefficient (Wildman–Crippen LogP) is 2.34. The topological polar surface area (TPSA) is 84.6 Å². The van der Waals surface area contributed by atoms with Gasteiger partial charge in [-0.2, -0.15) is 0 Å². The van der Waals surface area contributed by atoms with Crippen LogP contribution in [0.1, 0.15) is 36.0 Å². The van der Waals surface area contributed by atoms with E-state index in [9.17, 15) is 4.79 Å².